The van der Waals surface area contributed by atoms with Crippen molar-refractivity contribution in [2.24, 2.45) is 5.92 Å². The van der Waals surface area contributed by atoms with E-state index in [-0.39, 0.29) is 23.3 Å². The van der Waals surface area contributed by atoms with E-state index in [1.807, 2.05) is 45.2 Å². The minimum Gasteiger partial charge on any atom is -0.352 e. The molecule has 4 nitrogen and oxygen atoms in total. The Hall–Kier alpha value is -1.49. The number of hydrogen-bond donors (Lipinski definition) is 1. The maximum atomic E-state index is 12.3. The number of nitrogens with one attached hydrogen (secondary N) is 1. The average molecular weight is 320 g/mol. The molecule has 0 saturated carbocycles. The van der Waals surface area contributed by atoms with Gasteiger partial charge in [-0.2, -0.15) is 0 Å². The number of carbonyl (C=O) groups is 2. The molecular formula is C17H24N2O2S. The molecule has 120 valence electrons. The molecule has 2 rings (SSSR count). The van der Waals surface area contributed by atoms with Crippen LogP contribution in [0.1, 0.15) is 32.8 Å². The van der Waals surface area contributed by atoms with Gasteiger partial charge in [0.15, 0.2) is 0 Å². The molecule has 0 unspecified atom stereocenters. The molecule has 1 atom stereocenters. The predicted octanol–water partition coefficient (Wildman–Crippen LogP) is 2.67. The maximum Gasteiger partial charge on any atom is 0.225 e. The number of thioether (sulfide) groups is 1. The third-order valence-corrected chi connectivity index (χ3v) is 4.63. The van der Waals surface area contributed by atoms with E-state index in [2.05, 4.69) is 11.4 Å². The summed E-state index contributed by atoms with van der Waals surface area (Å²) >= 11 is 1.68. The van der Waals surface area contributed by atoms with Crippen molar-refractivity contribution in [3.05, 3.63) is 29.8 Å². The van der Waals surface area contributed by atoms with Gasteiger partial charge in [0.05, 0.1) is 5.92 Å². The molecule has 1 aliphatic heterocycles. The normalized spacial score (nSPS) is 18.6. The monoisotopic (exact) mass is 320 g/mol. The third kappa shape index (κ3) is 4.03. The van der Waals surface area contributed by atoms with Crippen molar-refractivity contribution >= 4 is 23.6 Å². The minimum absolute atomic E-state index is 0.0327. The van der Waals surface area contributed by atoms with Crippen LogP contribution in [0.2, 0.25) is 0 Å². The molecular weight excluding hydrogens is 296 g/mol. The molecule has 1 aromatic rings. The fourth-order valence-corrected chi connectivity index (χ4v) is 3.13. The number of benzene rings is 1. The van der Waals surface area contributed by atoms with E-state index in [1.165, 1.54) is 4.90 Å². The highest BCUT2D eigenvalue weighted by molar-refractivity contribution is 7.98. The van der Waals surface area contributed by atoms with Crippen LogP contribution in [0, 0.1) is 5.92 Å². The van der Waals surface area contributed by atoms with Crippen LogP contribution < -0.4 is 5.32 Å². The van der Waals surface area contributed by atoms with Crippen molar-refractivity contribution in [3.8, 4) is 0 Å². The zero-order valence-corrected chi connectivity index (χ0v) is 14.5. The van der Waals surface area contributed by atoms with Crippen LogP contribution in [-0.2, 0) is 16.1 Å². The Morgan fingerprint density at radius 2 is 2.14 bits per heavy atom. The van der Waals surface area contributed by atoms with E-state index in [0.717, 1.165) is 5.56 Å². The molecule has 0 aliphatic carbocycles. The summed E-state index contributed by atoms with van der Waals surface area (Å²) in [5, 5.41) is 2.96. The smallest absolute Gasteiger partial charge is 0.225 e. The lowest BCUT2D eigenvalue weighted by molar-refractivity contribution is -0.132. The van der Waals surface area contributed by atoms with Crippen molar-refractivity contribution in [2.45, 2.75) is 44.2 Å². The first-order valence-electron chi connectivity index (χ1n) is 7.52. The minimum atomic E-state index is -0.240. The van der Waals surface area contributed by atoms with Crippen LogP contribution in [0.3, 0.4) is 0 Å². The molecule has 0 bridgehead atoms. The molecule has 1 aliphatic rings. The summed E-state index contributed by atoms with van der Waals surface area (Å²) in [6, 6.07) is 8.12. The average Bonchev–Trinajstić information content (AvgIpc) is 2.87. The number of hydrogen-bond acceptors (Lipinski definition) is 3. The van der Waals surface area contributed by atoms with E-state index in [9.17, 15) is 9.59 Å². The number of likely N-dealkylation sites (tertiary alicyclic amines) is 1. The summed E-state index contributed by atoms with van der Waals surface area (Å²) in [5.74, 6) is -0.206. The van der Waals surface area contributed by atoms with E-state index in [4.69, 9.17) is 0 Å². The van der Waals surface area contributed by atoms with Crippen molar-refractivity contribution in [2.75, 3.05) is 12.8 Å². The Morgan fingerprint density at radius 3 is 2.73 bits per heavy atom. The lowest BCUT2D eigenvalue weighted by Crippen LogP contribution is -2.43. The second kappa shape index (κ2) is 6.73. The molecule has 0 radical (unpaired) electrons. The van der Waals surface area contributed by atoms with Crippen molar-refractivity contribution in [1.29, 1.82) is 0 Å². The van der Waals surface area contributed by atoms with E-state index >= 15 is 0 Å². The first-order valence-corrected chi connectivity index (χ1v) is 8.75. The van der Waals surface area contributed by atoms with E-state index in [0.29, 0.717) is 19.5 Å². The second-order valence-electron chi connectivity index (χ2n) is 6.65. The molecule has 1 fully saturated rings. The Bertz CT molecular complexity index is 566. The van der Waals surface area contributed by atoms with Gasteiger partial charge < -0.3 is 10.2 Å². The first-order chi connectivity index (χ1) is 10.3. The van der Waals surface area contributed by atoms with E-state index in [1.54, 1.807) is 16.7 Å². The molecule has 5 heteroatoms. The fraction of sp³-hybridized carbons (Fsp3) is 0.529. The van der Waals surface area contributed by atoms with Gasteiger partial charge in [0, 0.05) is 29.9 Å². The van der Waals surface area contributed by atoms with Gasteiger partial charge in [0.1, 0.15) is 0 Å². The SMILES string of the molecule is CSc1cccc(CNC(=O)[C@@H]2CC(=O)N(C(C)(C)C)C2)c1. The number of nitrogens with zero attached hydrogens (tertiary/aromatic N) is 1. The lowest BCUT2D eigenvalue weighted by atomic mass is 10.1. The standard InChI is InChI=1S/C17H24N2O2S/c1-17(2,3)19-11-13(9-15(19)20)16(21)18-10-12-6-5-7-14(8-12)22-4/h5-8,13H,9-11H2,1-4H3,(H,18,21)/t13-/m1/s1. The summed E-state index contributed by atoms with van der Waals surface area (Å²) in [6.07, 6.45) is 2.34. The topological polar surface area (TPSA) is 49.4 Å². The van der Waals surface area contributed by atoms with Crippen LogP contribution >= 0.6 is 11.8 Å². The molecule has 1 N–H and O–H groups in total. The quantitative estimate of drug-likeness (QED) is 0.868. The lowest BCUT2D eigenvalue weighted by Gasteiger charge is -2.31. The van der Waals surface area contributed by atoms with Gasteiger partial charge in [-0.15, -0.1) is 11.8 Å². The summed E-state index contributed by atoms with van der Waals surface area (Å²) in [5.41, 5.74) is 0.857. The number of carbonyl (C=O) groups excluding carboxylic acids is 2. The van der Waals surface area contributed by atoms with Crippen LogP contribution in [0.4, 0.5) is 0 Å². The Labute approximate surface area is 136 Å². The first kappa shape index (κ1) is 16.9. The summed E-state index contributed by atoms with van der Waals surface area (Å²) < 4.78 is 0. The summed E-state index contributed by atoms with van der Waals surface area (Å²) in [4.78, 5) is 27.3. The van der Waals surface area contributed by atoms with Crippen molar-refractivity contribution < 1.29 is 9.59 Å². The molecule has 1 heterocycles. The highest BCUT2D eigenvalue weighted by atomic mass is 32.2. The van der Waals surface area contributed by atoms with E-state index < -0.39 is 0 Å². The van der Waals surface area contributed by atoms with Gasteiger partial charge >= 0.3 is 0 Å². The molecule has 0 aromatic heterocycles. The summed E-state index contributed by atoms with van der Waals surface area (Å²) in [6.45, 7) is 7.02. The summed E-state index contributed by atoms with van der Waals surface area (Å²) in [7, 11) is 0. The van der Waals surface area contributed by atoms with Crippen LogP contribution in [0.25, 0.3) is 0 Å². The van der Waals surface area contributed by atoms with Gasteiger partial charge in [0.2, 0.25) is 11.8 Å². The number of amides is 2. The van der Waals surface area contributed by atoms with Crippen LogP contribution in [0.15, 0.2) is 29.2 Å². The molecule has 22 heavy (non-hydrogen) atoms. The second-order valence-corrected chi connectivity index (χ2v) is 7.53. The third-order valence-electron chi connectivity index (χ3n) is 3.91. The molecule has 2 amide bonds. The molecule has 0 spiro atoms. The van der Waals surface area contributed by atoms with Gasteiger partial charge in [0.25, 0.3) is 0 Å². The zero-order chi connectivity index (χ0) is 16.3. The van der Waals surface area contributed by atoms with Crippen LogP contribution in [-0.4, -0.2) is 35.1 Å². The Balaban J connectivity index is 1.92. The predicted molar refractivity (Wildman–Crippen MR) is 89.6 cm³/mol. The highest BCUT2D eigenvalue weighted by Gasteiger charge is 2.39. The zero-order valence-electron chi connectivity index (χ0n) is 13.7. The maximum absolute atomic E-state index is 12.3. The van der Waals surface area contributed by atoms with Crippen LogP contribution in [0.5, 0.6) is 0 Å². The molecule has 1 aromatic carbocycles. The van der Waals surface area contributed by atoms with Crippen molar-refractivity contribution in [3.63, 3.8) is 0 Å². The van der Waals surface area contributed by atoms with Gasteiger partial charge in [-0.25, -0.2) is 0 Å². The largest absolute Gasteiger partial charge is 0.352 e. The fourth-order valence-electron chi connectivity index (χ4n) is 2.65. The van der Waals surface area contributed by atoms with Gasteiger partial charge in [-0.05, 0) is 44.7 Å². The Kier molecular flexibility index (Phi) is 5.16. The number of rotatable bonds is 4. The van der Waals surface area contributed by atoms with Gasteiger partial charge in [-0.1, -0.05) is 12.1 Å². The van der Waals surface area contributed by atoms with Gasteiger partial charge in [-0.3, -0.25) is 9.59 Å². The highest BCUT2D eigenvalue weighted by Crippen LogP contribution is 2.26. The Morgan fingerprint density at radius 1 is 1.41 bits per heavy atom. The van der Waals surface area contributed by atoms with Crippen molar-refractivity contribution in [1.82, 2.24) is 10.2 Å². The molecule has 1 saturated heterocycles.